The second-order valence-corrected chi connectivity index (χ2v) is 25.1. The normalized spacial score (nSPS) is 11.8. The summed E-state index contributed by atoms with van der Waals surface area (Å²) in [5.41, 5.74) is 13.4. The number of benzene rings is 2. The molecule has 4 aromatic rings. The molecule has 0 unspecified atom stereocenters. The first-order chi connectivity index (χ1) is 26.2. The Bertz CT molecular complexity index is 2250. The monoisotopic (exact) mass is 865 g/mol. The average molecular weight is 867 g/mol. The number of nitrogen functional groups attached to an aromatic ring is 1. The zero-order chi connectivity index (χ0) is 43.1. The van der Waals surface area contributed by atoms with Crippen LogP contribution < -0.4 is 15.2 Å². The molecule has 0 saturated carbocycles. The highest BCUT2D eigenvalue weighted by Crippen LogP contribution is 2.39. The summed E-state index contributed by atoms with van der Waals surface area (Å²) in [6.07, 6.45) is -7.49. The molecule has 0 bridgehead atoms. The van der Waals surface area contributed by atoms with Crippen molar-refractivity contribution in [1.29, 1.82) is 0 Å². The van der Waals surface area contributed by atoms with Crippen LogP contribution in [0.5, 0.6) is 23.3 Å². The maximum Gasteiger partial charge on any atom is 0.417 e. The van der Waals surface area contributed by atoms with Gasteiger partial charge in [0.05, 0.1) is 61.4 Å². The van der Waals surface area contributed by atoms with Gasteiger partial charge in [0.25, 0.3) is 0 Å². The molecule has 0 amide bonds. The fraction of sp³-hybridized carbons (Fsp3) is 0.325. The van der Waals surface area contributed by atoms with Crippen LogP contribution in [0.2, 0.25) is 49.3 Å². The third-order valence-electron chi connectivity index (χ3n) is 7.32. The van der Waals surface area contributed by atoms with E-state index in [1.165, 1.54) is 12.1 Å². The number of nitrogens with two attached hydrogens (primary N) is 1. The van der Waals surface area contributed by atoms with Gasteiger partial charge < -0.3 is 20.1 Å². The number of anilines is 1. The number of hydrogen-bond acceptors (Lipinski definition) is 6. The molecule has 2 N–H and O–H groups in total. The smallest absolute Gasteiger partial charge is 0.417 e. The van der Waals surface area contributed by atoms with Crippen molar-refractivity contribution in [1.82, 2.24) is 14.9 Å². The highest BCUT2D eigenvalue weighted by Gasteiger charge is 2.34. The number of aliphatic imine (C=N–C) groups is 1. The molecule has 2 heterocycles. The van der Waals surface area contributed by atoms with E-state index in [2.05, 4.69) is 77.2 Å². The number of alkyl halides is 6. The fourth-order valence-electron chi connectivity index (χ4n) is 4.18. The summed E-state index contributed by atoms with van der Waals surface area (Å²) >= 11 is 11.3. The summed E-state index contributed by atoms with van der Waals surface area (Å²) in [4.78, 5) is 15.0. The van der Waals surface area contributed by atoms with Crippen molar-refractivity contribution in [2.45, 2.75) is 72.4 Å². The van der Waals surface area contributed by atoms with Gasteiger partial charge >= 0.3 is 12.4 Å². The molecule has 0 fully saturated rings. The number of rotatable bonds is 7. The van der Waals surface area contributed by atoms with Gasteiger partial charge in [0, 0.05) is 13.6 Å². The van der Waals surface area contributed by atoms with Gasteiger partial charge in [0.2, 0.25) is 11.8 Å². The van der Waals surface area contributed by atoms with Gasteiger partial charge in [-0.1, -0.05) is 74.3 Å². The summed E-state index contributed by atoms with van der Waals surface area (Å²) in [6, 6.07) is 10.1. The number of nitrogens with zero attached hydrogens (tertiary/aromatic N) is 4. The molecule has 2 aromatic heterocycles. The number of halogens is 8. The van der Waals surface area contributed by atoms with E-state index in [-0.39, 0.29) is 23.3 Å². The maximum absolute atomic E-state index is 13.2. The largest absolute Gasteiger partial charge is 0.438 e. The van der Waals surface area contributed by atoms with Crippen LogP contribution in [-0.4, -0.2) is 50.9 Å². The van der Waals surface area contributed by atoms with Crippen molar-refractivity contribution in [2.24, 2.45) is 4.99 Å². The lowest BCUT2D eigenvalue weighted by atomic mass is 10.2. The van der Waals surface area contributed by atoms with Crippen molar-refractivity contribution in [3.05, 3.63) is 92.2 Å². The molecule has 57 heavy (non-hydrogen) atoms. The first kappa shape index (κ1) is 46.7. The van der Waals surface area contributed by atoms with Crippen molar-refractivity contribution in [3.63, 3.8) is 0 Å². The van der Waals surface area contributed by atoms with Crippen LogP contribution in [0.3, 0.4) is 0 Å². The molecule has 0 aliphatic rings. The Labute approximate surface area is 341 Å². The van der Waals surface area contributed by atoms with Gasteiger partial charge in [-0.2, -0.15) is 26.3 Å². The number of aryl methyl sites for hydroxylation is 2. The van der Waals surface area contributed by atoms with E-state index in [1.54, 1.807) is 32.3 Å². The molecule has 0 aliphatic heterocycles. The molecular formula is C40H43Cl2F6N5O2Si2. The van der Waals surface area contributed by atoms with E-state index >= 15 is 0 Å². The van der Waals surface area contributed by atoms with Gasteiger partial charge in [-0.3, -0.25) is 0 Å². The molecule has 0 radical (unpaired) electrons. The van der Waals surface area contributed by atoms with Gasteiger partial charge in [-0.05, 0) is 69.3 Å². The van der Waals surface area contributed by atoms with Crippen molar-refractivity contribution >= 4 is 57.1 Å². The van der Waals surface area contributed by atoms with Crippen LogP contribution in [0.4, 0.5) is 37.7 Å². The Morgan fingerprint density at radius 3 is 1.56 bits per heavy atom. The van der Waals surface area contributed by atoms with E-state index < -0.39 is 49.7 Å². The Kier molecular flexibility index (Phi) is 15.3. The van der Waals surface area contributed by atoms with Gasteiger partial charge in [-0.25, -0.2) is 15.0 Å². The first-order valence-electron chi connectivity index (χ1n) is 17.4. The van der Waals surface area contributed by atoms with Gasteiger partial charge in [0.1, 0.15) is 27.6 Å². The highest BCUT2D eigenvalue weighted by atomic mass is 35.5. The molecule has 2 aromatic carbocycles. The first-order valence-corrected chi connectivity index (χ1v) is 25.1. The summed E-state index contributed by atoms with van der Waals surface area (Å²) in [5.74, 6) is 6.26. The molecule has 0 aliphatic carbocycles. The van der Waals surface area contributed by atoms with E-state index in [4.69, 9.17) is 38.4 Å². The third-order valence-corrected chi connectivity index (χ3v) is 9.73. The van der Waals surface area contributed by atoms with Crippen LogP contribution in [0, 0.1) is 36.8 Å². The minimum Gasteiger partial charge on any atom is -0.438 e. The van der Waals surface area contributed by atoms with Crippen LogP contribution in [0.1, 0.15) is 40.6 Å². The molecule has 4 rings (SSSR count). The Morgan fingerprint density at radius 2 is 1.16 bits per heavy atom. The number of pyridine rings is 2. The molecular weight excluding hydrogens is 824 g/mol. The van der Waals surface area contributed by atoms with Crippen molar-refractivity contribution < 1.29 is 35.8 Å². The lowest BCUT2D eigenvalue weighted by Gasteiger charge is -2.14. The SMILES string of the molecule is CCN(C)C=Nc1cc(C#C[Si](C)(C)C)c(Oc2ccc(Cl)c(C(F)(F)F)c2)nc1C.Cc1nc(Oc2ccc(Cl)c(C(F)(F)F)c2)c(C#C[Si](C)(C)C)cc1N. The summed E-state index contributed by atoms with van der Waals surface area (Å²) in [6.45, 7) is 18.7. The van der Waals surface area contributed by atoms with Crippen molar-refractivity contribution in [3.8, 4) is 46.2 Å². The Balaban J connectivity index is 0.000000310. The van der Waals surface area contributed by atoms with Crippen LogP contribution >= 0.6 is 23.2 Å². The second kappa shape index (κ2) is 18.7. The quantitative estimate of drug-likeness (QED) is 0.0655. The van der Waals surface area contributed by atoms with Crippen molar-refractivity contribution in [2.75, 3.05) is 19.3 Å². The fourth-order valence-corrected chi connectivity index (χ4v) is 5.65. The van der Waals surface area contributed by atoms with E-state index in [1.807, 2.05) is 18.9 Å². The number of ether oxygens (including phenoxy) is 2. The van der Waals surface area contributed by atoms with E-state index in [0.29, 0.717) is 33.9 Å². The lowest BCUT2D eigenvalue weighted by Crippen LogP contribution is -2.16. The van der Waals surface area contributed by atoms with Crippen LogP contribution in [0.25, 0.3) is 0 Å². The predicted octanol–water partition coefficient (Wildman–Crippen LogP) is 12.4. The molecule has 0 saturated heterocycles. The Hall–Kier alpha value is -4.68. The molecule has 304 valence electrons. The van der Waals surface area contributed by atoms with Gasteiger partial charge in [-0.15, -0.1) is 11.1 Å². The summed E-state index contributed by atoms with van der Waals surface area (Å²) in [7, 11) is -1.51. The zero-order valence-corrected chi connectivity index (χ0v) is 36.6. The minimum absolute atomic E-state index is 0.0263. The number of aromatic nitrogens is 2. The second-order valence-electron chi connectivity index (χ2n) is 14.8. The molecule has 17 heteroatoms. The predicted molar refractivity (Wildman–Crippen MR) is 222 cm³/mol. The molecule has 7 nitrogen and oxygen atoms in total. The Morgan fingerprint density at radius 1 is 0.737 bits per heavy atom. The highest BCUT2D eigenvalue weighted by molar-refractivity contribution is 6.84. The van der Waals surface area contributed by atoms with E-state index in [0.717, 1.165) is 30.8 Å². The van der Waals surface area contributed by atoms with Crippen LogP contribution in [-0.2, 0) is 12.4 Å². The number of hydrogen-bond donors (Lipinski definition) is 1. The van der Waals surface area contributed by atoms with Gasteiger partial charge in [0.15, 0.2) is 0 Å². The third kappa shape index (κ3) is 14.6. The topological polar surface area (TPSA) is 85.9 Å². The average Bonchev–Trinajstić information content (AvgIpc) is 3.08. The van der Waals surface area contributed by atoms with E-state index in [9.17, 15) is 26.3 Å². The zero-order valence-electron chi connectivity index (χ0n) is 33.1. The lowest BCUT2D eigenvalue weighted by molar-refractivity contribution is -0.138. The minimum atomic E-state index is -4.59. The summed E-state index contributed by atoms with van der Waals surface area (Å²) in [5, 5.41) is -0.794. The maximum atomic E-state index is 13.2. The molecule has 0 spiro atoms. The van der Waals surface area contributed by atoms with Crippen LogP contribution in [0.15, 0.2) is 53.5 Å². The standard InChI is InChI=1S/C22H25ClF3N3OSi.C18H18ClF3N2OSi/c1-7-29(3)14-27-20-12-16(10-11-31(4,5)6)21(28-15(20)2)30-17-8-9-19(23)18(13-17)22(24,25)26;1-11-16(23)9-12(7-8-26(2,3)4)17(24-11)25-13-5-6-15(19)14(10-13)18(20,21)22/h8-9,12-14H,7H2,1-6H3;5-6,9-10H,23H2,1-4H3. The molecule has 0 atom stereocenters. The summed E-state index contributed by atoms with van der Waals surface area (Å²) < 4.78 is 90.0.